The molecule has 31 heavy (non-hydrogen) atoms. The molecule has 1 aliphatic heterocycles. The van der Waals surface area contributed by atoms with Gasteiger partial charge in [0.1, 0.15) is 5.75 Å². The smallest absolute Gasteiger partial charge is 0.339 e. The molecule has 1 heterocycles. The average molecular weight is 421 g/mol. The molecule has 0 bridgehead atoms. The van der Waals surface area contributed by atoms with Crippen molar-refractivity contribution in [2.75, 3.05) is 13.7 Å². The van der Waals surface area contributed by atoms with Gasteiger partial charge in [0, 0.05) is 5.56 Å². The summed E-state index contributed by atoms with van der Waals surface area (Å²) in [5.74, 6) is 1.26. The molecule has 3 aliphatic rings. The lowest BCUT2D eigenvalue weighted by molar-refractivity contribution is -0.155. The number of rotatable bonds is 7. The third-order valence-electron chi connectivity index (χ3n) is 6.79. The Bertz CT molecular complexity index is 1000. The fourth-order valence-electron chi connectivity index (χ4n) is 4.96. The van der Waals surface area contributed by atoms with E-state index in [0.29, 0.717) is 5.92 Å². The Hall–Kier alpha value is -2.33. The second-order valence-corrected chi connectivity index (χ2v) is 9.20. The highest BCUT2D eigenvalue weighted by atomic mass is 16.6. The van der Waals surface area contributed by atoms with Gasteiger partial charge in [0.15, 0.2) is 6.10 Å². The Balaban J connectivity index is 1.74. The van der Waals surface area contributed by atoms with Crippen LogP contribution in [0, 0.1) is 6.92 Å². The minimum Gasteiger partial charge on any atom is -0.493 e. The second kappa shape index (κ2) is 8.31. The summed E-state index contributed by atoms with van der Waals surface area (Å²) in [6.45, 7) is 5.13. The fourth-order valence-corrected chi connectivity index (χ4v) is 4.96. The van der Waals surface area contributed by atoms with Crippen LogP contribution in [0.15, 0.2) is 24.3 Å². The molecule has 4 nitrogen and oxygen atoms in total. The van der Waals surface area contributed by atoms with Crippen LogP contribution in [0.3, 0.4) is 0 Å². The highest BCUT2D eigenvalue weighted by Crippen LogP contribution is 2.50. The zero-order valence-corrected chi connectivity index (χ0v) is 18.8. The molecule has 2 aliphatic carbocycles. The molecule has 0 aromatic heterocycles. The van der Waals surface area contributed by atoms with Crippen molar-refractivity contribution < 1.29 is 19.0 Å². The number of ether oxygens (including phenoxy) is 3. The molecular formula is C27H32O4. The third kappa shape index (κ3) is 3.98. The maximum Gasteiger partial charge on any atom is 0.339 e. The lowest BCUT2D eigenvalue weighted by atomic mass is 9.82. The van der Waals surface area contributed by atoms with Crippen LogP contribution in [0.5, 0.6) is 5.75 Å². The predicted molar refractivity (Wildman–Crippen MR) is 121 cm³/mol. The molecule has 0 N–H and O–H groups in total. The molecule has 1 atom stereocenters. The monoisotopic (exact) mass is 420 g/mol. The van der Waals surface area contributed by atoms with E-state index in [1.807, 2.05) is 0 Å². The minimum absolute atomic E-state index is 0.156. The van der Waals surface area contributed by atoms with Crippen LogP contribution in [0.2, 0.25) is 0 Å². The Morgan fingerprint density at radius 3 is 2.68 bits per heavy atom. The number of carbonyl (C=O) groups excluding carboxylic acids is 1. The molecule has 5 rings (SSSR count). The summed E-state index contributed by atoms with van der Waals surface area (Å²) >= 11 is 0. The van der Waals surface area contributed by atoms with Crippen molar-refractivity contribution in [2.45, 2.75) is 76.9 Å². The Labute approximate surface area is 184 Å². The molecular weight excluding hydrogens is 388 g/mol. The molecule has 0 radical (unpaired) electrons. The highest BCUT2D eigenvalue weighted by Gasteiger charge is 2.38. The summed E-state index contributed by atoms with van der Waals surface area (Å²) < 4.78 is 17.4. The van der Waals surface area contributed by atoms with E-state index in [4.69, 9.17) is 14.2 Å². The molecule has 0 spiro atoms. The van der Waals surface area contributed by atoms with Gasteiger partial charge in [-0.05, 0) is 103 Å². The number of hydrogen-bond donors (Lipinski definition) is 0. The summed E-state index contributed by atoms with van der Waals surface area (Å²) in [5.41, 5.74) is 8.54. The van der Waals surface area contributed by atoms with E-state index in [-0.39, 0.29) is 12.1 Å². The van der Waals surface area contributed by atoms with E-state index >= 15 is 0 Å². The first-order valence-corrected chi connectivity index (χ1v) is 11.8. The number of esters is 1. The van der Waals surface area contributed by atoms with E-state index in [1.54, 1.807) is 0 Å². The van der Waals surface area contributed by atoms with Crippen LogP contribution in [0.4, 0.5) is 0 Å². The maximum atomic E-state index is 12.9. The molecule has 2 fully saturated rings. The summed E-state index contributed by atoms with van der Waals surface area (Å²) in [6, 6.07) is 8.83. The van der Waals surface area contributed by atoms with Crippen molar-refractivity contribution in [1.29, 1.82) is 0 Å². The first-order valence-electron chi connectivity index (χ1n) is 11.8. The summed E-state index contributed by atoms with van der Waals surface area (Å²) in [6.07, 6.45) is 6.99. The van der Waals surface area contributed by atoms with Gasteiger partial charge in [0.25, 0.3) is 0 Å². The normalized spacial score (nSPS) is 18.8. The van der Waals surface area contributed by atoms with Gasteiger partial charge in [-0.3, -0.25) is 0 Å². The van der Waals surface area contributed by atoms with E-state index in [0.717, 1.165) is 55.6 Å². The zero-order valence-electron chi connectivity index (χ0n) is 18.8. The van der Waals surface area contributed by atoms with Gasteiger partial charge in [0.2, 0.25) is 0 Å². The number of fused-ring (bicyclic) bond motifs is 1. The summed E-state index contributed by atoms with van der Waals surface area (Å²) in [5, 5.41) is 0. The largest absolute Gasteiger partial charge is 0.493 e. The van der Waals surface area contributed by atoms with Gasteiger partial charge in [-0.1, -0.05) is 19.1 Å². The highest BCUT2D eigenvalue weighted by molar-refractivity contribution is 5.85. The Morgan fingerprint density at radius 2 is 2.00 bits per heavy atom. The number of benzene rings is 2. The Morgan fingerprint density at radius 1 is 1.19 bits per heavy atom. The van der Waals surface area contributed by atoms with Crippen LogP contribution in [-0.4, -0.2) is 25.8 Å². The molecule has 0 saturated heterocycles. The average Bonchev–Trinajstić information content (AvgIpc) is 3.71. The number of methoxy groups -OCH3 is 1. The zero-order chi connectivity index (χ0) is 21.5. The van der Waals surface area contributed by atoms with Gasteiger partial charge >= 0.3 is 5.97 Å². The van der Waals surface area contributed by atoms with E-state index in [2.05, 4.69) is 38.1 Å². The van der Waals surface area contributed by atoms with Crippen molar-refractivity contribution in [3.05, 3.63) is 52.1 Å². The van der Waals surface area contributed by atoms with E-state index < -0.39 is 6.10 Å². The van der Waals surface area contributed by atoms with E-state index in [9.17, 15) is 4.79 Å². The van der Waals surface area contributed by atoms with Crippen molar-refractivity contribution >= 4 is 5.97 Å². The van der Waals surface area contributed by atoms with Crippen LogP contribution in [0.25, 0.3) is 11.1 Å². The van der Waals surface area contributed by atoms with Gasteiger partial charge in [0.05, 0.1) is 19.8 Å². The van der Waals surface area contributed by atoms with Gasteiger partial charge < -0.3 is 14.2 Å². The van der Waals surface area contributed by atoms with Crippen molar-refractivity contribution in [3.8, 4) is 16.9 Å². The number of hydrogen-bond acceptors (Lipinski definition) is 4. The Kier molecular flexibility index (Phi) is 5.51. The van der Waals surface area contributed by atoms with Crippen LogP contribution < -0.4 is 4.74 Å². The second-order valence-electron chi connectivity index (χ2n) is 9.20. The van der Waals surface area contributed by atoms with Crippen molar-refractivity contribution in [2.24, 2.45) is 0 Å². The lowest BCUT2D eigenvalue weighted by Gasteiger charge is -2.27. The number of aryl methyl sites for hydroxylation is 3. The fraction of sp³-hybridized carbons (Fsp3) is 0.519. The summed E-state index contributed by atoms with van der Waals surface area (Å²) in [4.78, 5) is 12.9. The molecule has 2 aromatic carbocycles. The van der Waals surface area contributed by atoms with Crippen LogP contribution in [0.1, 0.15) is 78.9 Å². The molecule has 2 aromatic rings. The van der Waals surface area contributed by atoms with Gasteiger partial charge in [-0.25, -0.2) is 4.79 Å². The molecule has 164 valence electrons. The first kappa shape index (κ1) is 20.6. The summed E-state index contributed by atoms with van der Waals surface area (Å²) in [7, 11) is 1.46. The molecule has 1 unspecified atom stereocenters. The predicted octanol–water partition coefficient (Wildman–Crippen LogP) is 5.82. The standard InChI is InChI=1S/C27H32O4/c1-4-17-14-16(2)23(26(27(28)29-3)31-21-10-11-21)25(24(17)18-7-8-18)20-9-12-22-19(15-20)6-5-13-30-22/h9,12,14-15,18,21,26H,4-8,10-11,13H2,1-3H3. The molecule has 0 amide bonds. The van der Waals surface area contributed by atoms with Gasteiger partial charge in [-0.2, -0.15) is 0 Å². The lowest BCUT2D eigenvalue weighted by Crippen LogP contribution is -2.21. The molecule has 2 saturated carbocycles. The minimum atomic E-state index is -0.678. The van der Waals surface area contributed by atoms with E-state index in [1.165, 1.54) is 47.8 Å². The van der Waals surface area contributed by atoms with Crippen molar-refractivity contribution in [3.63, 3.8) is 0 Å². The third-order valence-corrected chi connectivity index (χ3v) is 6.79. The van der Waals surface area contributed by atoms with Crippen LogP contribution in [-0.2, 0) is 27.1 Å². The topological polar surface area (TPSA) is 44.8 Å². The quantitative estimate of drug-likeness (QED) is 0.530. The maximum absolute atomic E-state index is 12.9. The number of carbonyl (C=O) groups is 1. The first-order chi connectivity index (χ1) is 15.1. The van der Waals surface area contributed by atoms with Crippen molar-refractivity contribution in [1.82, 2.24) is 0 Å². The molecule has 4 heteroatoms. The van der Waals surface area contributed by atoms with Gasteiger partial charge in [-0.15, -0.1) is 0 Å². The van der Waals surface area contributed by atoms with Crippen LogP contribution >= 0.6 is 0 Å². The SMILES string of the molecule is CCc1cc(C)c(C(OC2CC2)C(=O)OC)c(-c2ccc3c(c2)CCCO3)c1C1CC1.